The monoisotopic (exact) mass is 1660 g/mol. The summed E-state index contributed by atoms with van der Waals surface area (Å²) in [6, 6.07) is -3.42. The topological polar surface area (TPSA) is 420 Å². The number of fused-ring (bicyclic) bond motifs is 2. The highest BCUT2D eigenvalue weighted by molar-refractivity contribution is 14.1. The van der Waals surface area contributed by atoms with Gasteiger partial charge < -0.3 is 123 Å². The minimum atomic E-state index is -2.20. The number of nitrogens with one attached hydrogen (secondary N) is 3. The Bertz CT molecular complexity index is 3260. The fourth-order valence-corrected chi connectivity index (χ4v) is 17.2. The number of hydrogen-bond donors (Lipinski definition) is 10. The van der Waals surface area contributed by atoms with Crippen molar-refractivity contribution in [3.63, 3.8) is 0 Å². The molecular formula is C69H102IN5O27S3. The Morgan fingerprint density at radius 2 is 1.57 bits per heavy atom. The Labute approximate surface area is 637 Å². The van der Waals surface area contributed by atoms with Crippen LogP contribution in [0.25, 0.3) is 0 Å². The average molecular weight is 1660 g/mol. The average Bonchev–Trinajstić information content (AvgIpc) is 0.756. The summed E-state index contributed by atoms with van der Waals surface area (Å²) in [5, 5.41) is 73.0. The van der Waals surface area contributed by atoms with E-state index in [0.717, 1.165) is 18.9 Å². The molecule has 4 aliphatic heterocycles. The molecular weight excluding hydrogens is 1550 g/mol. The predicted octanol–water partition coefficient (Wildman–Crippen LogP) is 0.828. The fraction of sp³-hybridized carbons (Fsp3) is 0.725. The number of amides is 3. The number of rotatable bonds is 36. The number of methoxy groups -OCH3 is 5. The number of carbonyl (C=O) groups excluding carboxylic acids is 5. The second-order valence-corrected chi connectivity index (χ2v) is 31.3. The lowest BCUT2D eigenvalue weighted by atomic mass is 9.68. The number of benzene rings is 1. The van der Waals surface area contributed by atoms with Crippen LogP contribution in [0.2, 0.25) is 0 Å². The van der Waals surface area contributed by atoms with E-state index < -0.39 is 154 Å². The SMILES string of the molecule is CCN(C(=O)CN)C1COCC(OC2C(O[C@H]3C#C/C=C\C#C[C@]4(O)CC(=O)C(NC(=O)OC)C3/C4=C\CSSC(C)(C)CC(=O)NCCOCCOCCOCCO)OC(C)C(NOC3CC(O)C(SC(=O)c4c(C)c(I)c(OC5(O)COC(C)C(O)C5OC)c(OC)c4OC)C(C)O3)C2O)C1OC. The Balaban J connectivity index is 1.12. The molecule has 4 heterocycles. The van der Waals surface area contributed by atoms with Crippen LogP contribution in [0.1, 0.15) is 76.7 Å². The van der Waals surface area contributed by atoms with Gasteiger partial charge in [-0.2, -0.15) is 5.48 Å². The first kappa shape index (κ1) is 88.0. The van der Waals surface area contributed by atoms with Gasteiger partial charge in [0.2, 0.25) is 22.7 Å². The quantitative estimate of drug-likeness (QED) is 0.00846. The zero-order valence-electron chi connectivity index (χ0n) is 61.0. The highest BCUT2D eigenvalue weighted by atomic mass is 127. The van der Waals surface area contributed by atoms with Gasteiger partial charge in [-0.25, -0.2) is 4.79 Å². The van der Waals surface area contributed by atoms with E-state index in [4.69, 9.17) is 86.7 Å². The predicted molar refractivity (Wildman–Crippen MR) is 391 cm³/mol. The van der Waals surface area contributed by atoms with Crippen LogP contribution in [0.5, 0.6) is 17.2 Å². The van der Waals surface area contributed by atoms with Gasteiger partial charge in [0.15, 0.2) is 41.6 Å². The summed E-state index contributed by atoms with van der Waals surface area (Å²) in [6.07, 6.45) is -13.2. The minimum absolute atomic E-state index is 0.0142. The first-order valence-electron chi connectivity index (χ1n) is 34.4. The van der Waals surface area contributed by atoms with E-state index in [9.17, 15) is 49.5 Å². The molecule has 11 N–H and O–H groups in total. The van der Waals surface area contributed by atoms with Gasteiger partial charge in [-0.05, 0) is 94.3 Å². The molecule has 590 valence electrons. The first-order chi connectivity index (χ1) is 50.1. The fourth-order valence-electron chi connectivity index (χ4n) is 13.0. The molecule has 0 radical (unpaired) electrons. The summed E-state index contributed by atoms with van der Waals surface area (Å²) < 4.78 is 88.8. The van der Waals surface area contributed by atoms with Gasteiger partial charge in [0.25, 0.3) is 5.79 Å². The molecule has 3 amide bonds. The third kappa shape index (κ3) is 22.7. The molecule has 6 aliphatic rings. The number of alkyl carbamates (subject to hydrolysis) is 1. The van der Waals surface area contributed by atoms with Gasteiger partial charge in [0.05, 0.1) is 145 Å². The molecule has 1 aromatic rings. The van der Waals surface area contributed by atoms with Gasteiger partial charge in [0.1, 0.15) is 49.3 Å². The molecule has 20 atom stereocenters. The molecule has 32 nitrogen and oxygen atoms in total. The summed E-state index contributed by atoms with van der Waals surface area (Å²) in [7, 11) is 9.26. The number of hydrogen-bond acceptors (Lipinski definition) is 32. The standard InChI is InChI=1S/C69H102IN5O27S3/c1-13-75(48(80)33-71)42-34-95-35-46(57(42)87-8)99-60-56(82)53(74-102-49-30-43(77)62(40(5)97-49)104-64(83)50-37(2)52(70)59(61(89-10)58(50)88-9)101-69(86)36-96-39(4)55(81)63(69)90-11)38(3)98-65(60)100-45-18-16-14-15-17-20-68(85)31-44(78)54(73-66(84)91-12)51(45)41(68)19-29-103-105-67(6,7)32-47(79)72-21-23-92-25-27-94-28-26-93-24-22-76/h14-15,19,38-40,42-43,45-46,49,51,53-57,60,62-63,65,74,76-77,81-82,85-86H,13,21-36,71H2,1-12H3,(H,72,79)(H,73,84)/b15-14-,41-19+/t38?,39?,40?,42?,43?,45-,46?,49?,51?,53?,54?,55?,56?,57?,60?,62?,63?,65?,68-,69?/m0/s1. The molecule has 36 heteroatoms. The first-order valence-corrected chi connectivity index (χ1v) is 38.7. The van der Waals surface area contributed by atoms with Gasteiger partial charge in [0, 0.05) is 56.6 Å². The molecule has 1 aromatic carbocycles. The van der Waals surface area contributed by atoms with Crippen molar-refractivity contribution in [3.05, 3.63) is 38.5 Å². The van der Waals surface area contributed by atoms with Crippen LogP contribution in [-0.2, 0) is 76.1 Å². The number of ether oxygens (including phenoxy) is 15. The Kier molecular flexibility index (Phi) is 34.9. The number of aliphatic hydroxyl groups excluding tert-OH is 4. The van der Waals surface area contributed by atoms with Gasteiger partial charge in [-0.3, -0.25) is 24.0 Å². The number of ketones is 1. The van der Waals surface area contributed by atoms with Crippen molar-refractivity contribution in [1.29, 1.82) is 0 Å². The molecule has 4 saturated heterocycles. The lowest BCUT2D eigenvalue weighted by molar-refractivity contribution is -0.326. The van der Waals surface area contributed by atoms with Crippen LogP contribution in [0, 0.1) is 40.1 Å². The molecule has 1 saturated carbocycles. The number of likely N-dealkylation sites (N-methyl/N-ethyl adjacent to an activating group) is 1. The molecule has 18 unspecified atom stereocenters. The van der Waals surface area contributed by atoms with E-state index in [1.165, 1.54) is 67.1 Å². The number of allylic oxidation sites excluding steroid dienone is 2. The summed E-state index contributed by atoms with van der Waals surface area (Å²) in [5.41, 5.74) is 7.18. The van der Waals surface area contributed by atoms with Gasteiger partial charge >= 0.3 is 6.09 Å². The number of Topliss-reactive ketones (excluding diaryl/α,β-unsaturated/α-hetero) is 1. The summed E-state index contributed by atoms with van der Waals surface area (Å²) in [5.74, 6) is 6.84. The van der Waals surface area contributed by atoms with Crippen molar-refractivity contribution >= 4 is 84.7 Å². The molecule has 105 heavy (non-hydrogen) atoms. The largest absolute Gasteiger partial charge is 0.492 e. The molecule has 2 aliphatic carbocycles. The number of aliphatic hydroxyl groups is 6. The lowest BCUT2D eigenvalue weighted by Gasteiger charge is -2.49. The molecule has 5 fully saturated rings. The summed E-state index contributed by atoms with van der Waals surface area (Å²) >= 11 is 2.73. The number of nitrogens with zero attached hydrogens (tertiary/aromatic N) is 1. The minimum Gasteiger partial charge on any atom is -0.492 e. The number of carbonyl (C=O) groups is 5. The zero-order chi connectivity index (χ0) is 76.9. The second-order valence-electron chi connectivity index (χ2n) is 26.0. The Hall–Kier alpha value is -4.25. The Morgan fingerprint density at radius 1 is 0.876 bits per heavy atom. The molecule has 0 spiro atoms. The van der Waals surface area contributed by atoms with Crippen molar-refractivity contribution in [2.24, 2.45) is 11.7 Å². The molecule has 2 bridgehead atoms. The second kappa shape index (κ2) is 41.7. The Morgan fingerprint density at radius 3 is 2.22 bits per heavy atom. The third-order valence-corrected chi connectivity index (χ3v) is 24.1. The van der Waals surface area contributed by atoms with Crippen molar-refractivity contribution in [1.82, 2.24) is 21.0 Å². The van der Waals surface area contributed by atoms with E-state index in [1.54, 1.807) is 40.7 Å². The lowest BCUT2D eigenvalue weighted by Crippen LogP contribution is -2.67. The number of halogens is 1. The van der Waals surface area contributed by atoms with Crippen LogP contribution in [0.15, 0.2) is 23.8 Å². The summed E-state index contributed by atoms with van der Waals surface area (Å²) in [4.78, 5) is 76.6. The van der Waals surface area contributed by atoms with Crippen molar-refractivity contribution in [2.75, 3.05) is 127 Å². The maximum atomic E-state index is 14.6. The van der Waals surface area contributed by atoms with E-state index in [1.807, 2.05) is 36.4 Å². The number of thioether (sulfide) groups is 1. The normalized spacial score (nSPS) is 32.5. The van der Waals surface area contributed by atoms with Crippen LogP contribution in [-0.4, -0.2) is 311 Å². The van der Waals surface area contributed by atoms with Crippen LogP contribution < -0.4 is 36.1 Å². The zero-order valence-corrected chi connectivity index (χ0v) is 65.6. The van der Waals surface area contributed by atoms with E-state index >= 15 is 0 Å². The van der Waals surface area contributed by atoms with Crippen molar-refractivity contribution in [3.8, 4) is 40.9 Å². The van der Waals surface area contributed by atoms with Crippen LogP contribution in [0.3, 0.4) is 0 Å². The van der Waals surface area contributed by atoms with E-state index in [0.29, 0.717) is 35.6 Å². The number of nitrogens with two attached hydrogens (primary N) is 1. The maximum Gasteiger partial charge on any atom is 0.407 e. The number of hydroxylamine groups is 1. The maximum absolute atomic E-state index is 14.6. The van der Waals surface area contributed by atoms with E-state index in [2.05, 4.69) is 39.8 Å². The molecule has 0 aromatic heterocycles. The smallest absolute Gasteiger partial charge is 0.407 e. The highest BCUT2D eigenvalue weighted by Crippen LogP contribution is 2.50. The van der Waals surface area contributed by atoms with Gasteiger partial charge in [-0.15, -0.1) is 0 Å². The highest BCUT2D eigenvalue weighted by Gasteiger charge is 2.56. The van der Waals surface area contributed by atoms with Crippen molar-refractivity contribution < 1.29 is 131 Å². The van der Waals surface area contributed by atoms with Gasteiger partial charge in [-0.1, -0.05) is 63.1 Å². The summed E-state index contributed by atoms with van der Waals surface area (Å²) in [6.45, 7) is 13.5. The van der Waals surface area contributed by atoms with Crippen LogP contribution >= 0.6 is 55.9 Å². The molecule has 7 rings (SSSR count). The van der Waals surface area contributed by atoms with E-state index in [-0.39, 0.29) is 112 Å². The van der Waals surface area contributed by atoms with Crippen molar-refractivity contribution in [2.45, 2.75) is 187 Å². The van der Waals surface area contributed by atoms with Crippen LogP contribution in [0.4, 0.5) is 4.79 Å². The third-order valence-electron chi connectivity index (χ3n) is 18.3.